The number of pyridine rings is 2. The highest BCUT2D eigenvalue weighted by molar-refractivity contribution is 5.93. The van der Waals surface area contributed by atoms with Crippen LogP contribution in [0, 0.1) is 5.82 Å². The van der Waals surface area contributed by atoms with E-state index in [0.29, 0.717) is 11.9 Å². The largest absolute Gasteiger partial charge is 0.367 e. The summed E-state index contributed by atoms with van der Waals surface area (Å²) in [6.07, 6.45) is 6.56. The van der Waals surface area contributed by atoms with E-state index in [2.05, 4.69) is 21.8 Å². The SMILES string of the molecule is NNc1cc(-c2c(-c3ccc(F)cc3)nn3c(NC4CCCC4)cccc23)ccn1. The summed E-state index contributed by atoms with van der Waals surface area (Å²) in [5.74, 6) is 6.83. The summed E-state index contributed by atoms with van der Waals surface area (Å²) in [7, 11) is 0. The fourth-order valence-electron chi connectivity index (χ4n) is 4.22. The highest BCUT2D eigenvalue weighted by Crippen LogP contribution is 2.37. The van der Waals surface area contributed by atoms with Gasteiger partial charge >= 0.3 is 0 Å². The molecule has 1 fully saturated rings. The van der Waals surface area contributed by atoms with Crippen LogP contribution in [0.5, 0.6) is 0 Å². The molecular formula is C23H23FN6. The van der Waals surface area contributed by atoms with Crippen molar-refractivity contribution in [1.29, 1.82) is 0 Å². The number of hydrazine groups is 1. The first-order chi connectivity index (χ1) is 14.7. The summed E-state index contributed by atoms with van der Waals surface area (Å²) in [4.78, 5) is 4.22. The van der Waals surface area contributed by atoms with Gasteiger partial charge in [-0.15, -0.1) is 0 Å². The Morgan fingerprint density at radius 3 is 2.57 bits per heavy atom. The Kier molecular flexibility index (Phi) is 4.80. The van der Waals surface area contributed by atoms with Gasteiger partial charge in [-0.2, -0.15) is 5.10 Å². The molecule has 0 unspecified atom stereocenters. The number of nitrogens with one attached hydrogen (secondary N) is 2. The van der Waals surface area contributed by atoms with Crippen molar-refractivity contribution in [3.8, 4) is 22.4 Å². The van der Waals surface area contributed by atoms with Gasteiger partial charge in [-0.1, -0.05) is 18.9 Å². The standard InChI is InChI=1S/C23H23FN6/c24-17-10-8-15(9-11-17)23-22(16-12-13-26-20(14-16)28-25)19-6-3-7-21(30(19)29-23)27-18-4-1-2-5-18/h3,6-14,18,27H,1-2,4-5,25H2,(H,26,28). The summed E-state index contributed by atoms with van der Waals surface area (Å²) >= 11 is 0. The van der Waals surface area contributed by atoms with Gasteiger partial charge in [0.05, 0.1) is 5.52 Å². The molecule has 1 aromatic carbocycles. The van der Waals surface area contributed by atoms with E-state index >= 15 is 0 Å². The molecule has 7 heteroatoms. The van der Waals surface area contributed by atoms with E-state index in [0.717, 1.165) is 33.7 Å². The first-order valence-corrected chi connectivity index (χ1v) is 10.2. The Bertz CT molecular complexity index is 1180. The first-order valence-electron chi connectivity index (χ1n) is 10.2. The Balaban J connectivity index is 1.72. The fraction of sp³-hybridized carbons (Fsp3) is 0.217. The van der Waals surface area contributed by atoms with Crippen LogP contribution in [0.1, 0.15) is 25.7 Å². The number of nitrogens with two attached hydrogens (primary N) is 1. The molecule has 0 radical (unpaired) electrons. The third kappa shape index (κ3) is 3.37. The Morgan fingerprint density at radius 2 is 1.80 bits per heavy atom. The molecule has 0 saturated heterocycles. The summed E-state index contributed by atoms with van der Waals surface area (Å²) in [6.45, 7) is 0. The minimum atomic E-state index is -0.272. The number of hydrogen-bond acceptors (Lipinski definition) is 5. The zero-order valence-electron chi connectivity index (χ0n) is 16.5. The molecule has 4 N–H and O–H groups in total. The molecule has 1 aliphatic rings. The van der Waals surface area contributed by atoms with Gasteiger partial charge in [0.2, 0.25) is 0 Å². The number of hydrogen-bond donors (Lipinski definition) is 3. The van der Waals surface area contributed by atoms with E-state index in [1.807, 2.05) is 28.8 Å². The summed E-state index contributed by atoms with van der Waals surface area (Å²) in [6, 6.07) is 16.9. The lowest BCUT2D eigenvalue weighted by atomic mass is 10.0. The maximum Gasteiger partial charge on any atom is 0.140 e. The predicted molar refractivity (Wildman–Crippen MR) is 118 cm³/mol. The monoisotopic (exact) mass is 402 g/mol. The van der Waals surface area contributed by atoms with Gasteiger partial charge in [0.25, 0.3) is 0 Å². The van der Waals surface area contributed by atoms with Crippen molar-refractivity contribution < 1.29 is 4.39 Å². The minimum absolute atomic E-state index is 0.272. The topological polar surface area (TPSA) is 80.3 Å². The number of anilines is 2. The number of rotatable bonds is 5. The van der Waals surface area contributed by atoms with Gasteiger partial charge in [0, 0.05) is 23.4 Å². The maximum absolute atomic E-state index is 13.6. The van der Waals surface area contributed by atoms with Crippen molar-refractivity contribution >= 4 is 17.2 Å². The van der Waals surface area contributed by atoms with Crippen LogP contribution >= 0.6 is 0 Å². The molecule has 152 valence electrons. The van der Waals surface area contributed by atoms with E-state index in [1.54, 1.807) is 18.3 Å². The molecule has 1 saturated carbocycles. The molecule has 0 amide bonds. The van der Waals surface area contributed by atoms with Gasteiger partial charge in [-0.3, -0.25) is 0 Å². The quantitative estimate of drug-likeness (QED) is 0.329. The van der Waals surface area contributed by atoms with Crippen LogP contribution in [-0.4, -0.2) is 20.6 Å². The second-order valence-corrected chi connectivity index (χ2v) is 7.64. The summed E-state index contributed by atoms with van der Waals surface area (Å²) in [5.41, 5.74) is 7.09. The first kappa shape index (κ1) is 18.6. The lowest BCUT2D eigenvalue weighted by Gasteiger charge is -2.14. The van der Waals surface area contributed by atoms with Gasteiger partial charge < -0.3 is 10.7 Å². The van der Waals surface area contributed by atoms with E-state index < -0.39 is 0 Å². The molecule has 0 atom stereocenters. The normalized spacial score (nSPS) is 14.3. The van der Waals surface area contributed by atoms with Crippen LogP contribution in [0.15, 0.2) is 60.8 Å². The molecule has 3 heterocycles. The van der Waals surface area contributed by atoms with Crippen molar-refractivity contribution in [1.82, 2.24) is 14.6 Å². The second kappa shape index (κ2) is 7.76. The van der Waals surface area contributed by atoms with Crippen molar-refractivity contribution in [3.63, 3.8) is 0 Å². The van der Waals surface area contributed by atoms with Crippen LogP contribution in [0.2, 0.25) is 0 Å². The number of nitrogen functional groups attached to an aromatic ring is 1. The van der Waals surface area contributed by atoms with Crippen LogP contribution in [0.4, 0.5) is 16.0 Å². The number of nitrogens with zero attached hydrogens (tertiary/aromatic N) is 3. The predicted octanol–water partition coefficient (Wildman–Crippen LogP) is 4.84. The Labute approximate surface area is 173 Å². The molecule has 30 heavy (non-hydrogen) atoms. The summed E-state index contributed by atoms with van der Waals surface area (Å²) in [5, 5.41) is 8.60. The summed E-state index contributed by atoms with van der Waals surface area (Å²) < 4.78 is 15.5. The van der Waals surface area contributed by atoms with Crippen molar-refractivity contribution in [2.24, 2.45) is 5.84 Å². The van der Waals surface area contributed by atoms with Crippen molar-refractivity contribution in [3.05, 3.63) is 66.6 Å². The van der Waals surface area contributed by atoms with Crippen LogP contribution < -0.4 is 16.6 Å². The van der Waals surface area contributed by atoms with Crippen LogP contribution in [-0.2, 0) is 0 Å². The lowest BCUT2D eigenvalue weighted by Crippen LogP contribution is -2.16. The molecule has 1 aliphatic carbocycles. The van der Waals surface area contributed by atoms with Crippen LogP contribution in [0.25, 0.3) is 27.9 Å². The average molecular weight is 402 g/mol. The molecule has 5 rings (SSSR count). The van der Waals surface area contributed by atoms with E-state index in [4.69, 9.17) is 10.9 Å². The van der Waals surface area contributed by atoms with Crippen molar-refractivity contribution in [2.45, 2.75) is 31.7 Å². The van der Waals surface area contributed by atoms with Gasteiger partial charge in [0.15, 0.2) is 0 Å². The Hall–Kier alpha value is -3.45. The van der Waals surface area contributed by atoms with Gasteiger partial charge in [0.1, 0.15) is 23.1 Å². The highest BCUT2D eigenvalue weighted by Gasteiger charge is 2.20. The van der Waals surface area contributed by atoms with Crippen molar-refractivity contribution in [2.75, 3.05) is 10.7 Å². The Morgan fingerprint density at radius 1 is 1.00 bits per heavy atom. The van der Waals surface area contributed by atoms with E-state index in [1.165, 1.54) is 37.8 Å². The lowest BCUT2D eigenvalue weighted by molar-refractivity contribution is 0.628. The molecule has 6 nitrogen and oxygen atoms in total. The third-order valence-corrected chi connectivity index (χ3v) is 5.68. The fourth-order valence-corrected chi connectivity index (χ4v) is 4.22. The molecular weight excluding hydrogens is 379 g/mol. The second-order valence-electron chi connectivity index (χ2n) is 7.64. The maximum atomic E-state index is 13.6. The van der Waals surface area contributed by atoms with Gasteiger partial charge in [-0.05, 0) is 66.9 Å². The average Bonchev–Trinajstić information content (AvgIpc) is 3.42. The number of benzene rings is 1. The molecule has 3 aromatic heterocycles. The third-order valence-electron chi connectivity index (χ3n) is 5.68. The minimum Gasteiger partial charge on any atom is -0.367 e. The zero-order chi connectivity index (χ0) is 20.5. The van der Waals surface area contributed by atoms with E-state index in [-0.39, 0.29) is 5.82 Å². The van der Waals surface area contributed by atoms with E-state index in [9.17, 15) is 4.39 Å². The highest BCUT2D eigenvalue weighted by atomic mass is 19.1. The smallest absolute Gasteiger partial charge is 0.140 e. The zero-order valence-corrected chi connectivity index (χ0v) is 16.5. The number of halogens is 1. The number of aromatic nitrogens is 3. The van der Waals surface area contributed by atoms with Crippen LogP contribution in [0.3, 0.4) is 0 Å². The van der Waals surface area contributed by atoms with Gasteiger partial charge in [-0.25, -0.2) is 19.7 Å². The molecule has 4 aromatic rings. The molecule has 0 bridgehead atoms. The molecule has 0 aliphatic heterocycles. The molecule has 0 spiro atoms. The number of fused-ring (bicyclic) bond motifs is 1.